The SMILES string of the molecule is CN(CCCN1CCCCC1)c1ccc(-c2cc(=O)c3ccc4c(c3o2)OC(c2ccccc2)(c2ccccc2)O4)cc1. The van der Waals surface area contributed by atoms with Crippen molar-refractivity contribution in [1.29, 1.82) is 0 Å². The molecule has 6 heteroatoms. The molecule has 0 saturated carbocycles. The molecule has 0 N–H and O–H groups in total. The molecule has 6 nitrogen and oxygen atoms in total. The molecular weight excluding hydrogens is 536 g/mol. The Kier molecular flexibility index (Phi) is 7.37. The van der Waals surface area contributed by atoms with Gasteiger partial charge in [0.05, 0.1) is 5.39 Å². The molecule has 1 fully saturated rings. The summed E-state index contributed by atoms with van der Waals surface area (Å²) < 4.78 is 19.7. The summed E-state index contributed by atoms with van der Waals surface area (Å²) >= 11 is 0. The minimum Gasteiger partial charge on any atom is -0.452 e. The van der Waals surface area contributed by atoms with Gasteiger partial charge in [0, 0.05) is 42.0 Å². The average Bonchev–Trinajstić information content (AvgIpc) is 3.48. The lowest BCUT2D eigenvalue weighted by atomic mass is 9.97. The number of nitrogens with zero attached hydrogens (tertiary/aromatic N) is 2. The molecule has 4 aromatic carbocycles. The lowest BCUT2D eigenvalue weighted by Gasteiger charge is -2.28. The third-order valence-electron chi connectivity index (χ3n) is 8.63. The molecule has 0 bridgehead atoms. The van der Waals surface area contributed by atoms with Crippen LogP contribution in [0.4, 0.5) is 5.69 Å². The van der Waals surface area contributed by atoms with Gasteiger partial charge in [-0.2, -0.15) is 0 Å². The fraction of sp³-hybridized carbons (Fsp3) is 0.270. The minimum absolute atomic E-state index is 0.126. The third kappa shape index (κ3) is 5.28. The molecule has 0 spiro atoms. The van der Waals surface area contributed by atoms with Crippen LogP contribution in [0.3, 0.4) is 0 Å². The van der Waals surface area contributed by atoms with Crippen LogP contribution in [0.2, 0.25) is 0 Å². The second-order valence-electron chi connectivity index (χ2n) is 11.5. The van der Waals surface area contributed by atoms with E-state index in [9.17, 15) is 4.79 Å². The number of hydrogen-bond acceptors (Lipinski definition) is 6. The van der Waals surface area contributed by atoms with Crippen LogP contribution in [0.1, 0.15) is 36.8 Å². The zero-order valence-electron chi connectivity index (χ0n) is 24.5. The molecule has 1 aromatic heterocycles. The Labute approximate surface area is 252 Å². The topological polar surface area (TPSA) is 55.2 Å². The second-order valence-corrected chi connectivity index (χ2v) is 11.5. The first kappa shape index (κ1) is 27.3. The first-order valence-corrected chi connectivity index (χ1v) is 15.2. The first-order chi connectivity index (χ1) is 21.1. The molecule has 3 heterocycles. The van der Waals surface area contributed by atoms with E-state index in [0.29, 0.717) is 28.2 Å². The van der Waals surface area contributed by atoms with Crippen LogP contribution < -0.4 is 19.8 Å². The lowest BCUT2D eigenvalue weighted by molar-refractivity contribution is -0.0456. The van der Waals surface area contributed by atoms with Gasteiger partial charge in [-0.1, -0.05) is 67.1 Å². The molecule has 0 aliphatic carbocycles. The van der Waals surface area contributed by atoms with E-state index >= 15 is 0 Å². The van der Waals surface area contributed by atoms with Crippen molar-refractivity contribution < 1.29 is 13.9 Å². The van der Waals surface area contributed by atoms with Crippen LogP contribution in [0.15, 0.2) is 112 Å². The Bertz CT molecular complexity index is 1720. The fourth-order valence-electron chi connectivity index (χ4n) is 6.26. The molecule has 218 valence electrons. The average molecular weight is 573 g/mol. The summed E-state index contributed by atoms with van der Waals surface area (Å²) in [7, 11) is 2.13. The van der Waals surface area contributed by atoms with Gasteiger partial charge in [0.15, 0.2) is 16.8 Å². The van der Waals surface area contributed by atoms with E-state index in [1.54, 1.807) is 18.2 Å². The third-order valence-corrected chi connectivity index (χ3v) is 8.63. The van der Waals surface area contributed by atoms with E-state index in [2.05, 4.69) is 29.0 Å². The van der Waals surface area contributed by atoms with E-state index in [1.807, 2.05) is 72.8 Å². The van der Waals surface area contributed by atoms with E-state index in [-0.39, 0.29) is 5.43 Å². The molecule has 43 heavy (non-hydrogen) atoms. The van der Waals surface area contributed by atoms with Gasteiger partial charge in [-0.05, 0) is 75.3 Å². The zero-order chi connectivity index (χ0) is 29.2. The van der Waals surface area contributed by atoms with Crippen LogP contribution >= 0.6 is 0 Å². The maximum atomic E-state index is 13.3. The van der Waals surface area contributed by atoms with Crippen molar-refractivity contribution in [1.82, 2.24) is 4.90 Å². The largest absolute Gasteiger partial charge is 0.452 e. The summed E-state index contributed by atoms with van der Waals surface area (Å²) in [5.41, 5.74) is 3.92. The van der Waals surface area contributed by atoms with Crippen molar-refractivity contribution in [2.45, 2.75) is 31.5 Å². The predicted molar refractivity (Wildman–Crippen MR) is 171 cm³/mol. The van der Waals surface area contributed by atoms with Gasteiger partial charge in [0.2, 0.25) is 5.75 Å². The summed E-state index contributed by atoms with van der Waals surface area (Å²) in [6, 6.07) is 33.0. The van der Waals surface area contributed by atoms with E-state index in [0.717, 1.165) is 41.9 Å². The number of ether oxygens (including phenoxy) is 2. The van der Waals surface area contributed by atoms with Crippen LogP contribution in [-0.2, 0) is 5.79 Å². The standard InChI is InChI=1S/C37H36N2O4/c1-38(22-11-25-39-23-9-4-10-24-39)30-18-16-27(17-19-30)34-26-32(40)31-20-21-33-36(35(31)41-34)43-37(42-33,28-12-5-2-6-13-28)29-14-7-3-8-15-29/h2-3,5-8,12-21,26H,4,9-11,22-25H2,1H3. The quantitative estimate of drug-likeness (QED) is 0.193. The smallest absolute Gasteiger partial charge is 0.305 e. The van der Waals surface area contributed by atoms with Crippen LogP contribution in [0.5, 0.6) is 11.5 Å². The second kappa shape index (κ2) is 11.6. The Morgan fingerprint density at radius 1 is 0.791 bits per heavy atom. The van der Waals surface area contributed by atoms with E-state index in [1.165, 1.54) is 32.4 Å². The van der Waals surface area contributed by atoms with Crippen LogP contribution in [0, 0.1) is 0 Å². The maximum Gasteiger partial charge on any atom is 0.305 e. The molecule has 0 unspecified atom stereocenters. The highest BCUT2D eigenvalue weighted by Gasteiger charge is 2.46. The maximum absolute atomic E-state index is 13.3. The number of benzene rings is 4. The Balaban J connectivity index is 1.17. The molecule has 2 aliphatic rings. The highest BCUT2D eigenvalue weighted by atomic mass is 16.7. The highest BCUT2D eigenvalue weighted by Crippen LogP contribution is 2.50. The normalized spacial score (nSPS) is 15.9. The van der Waals surface area contributed by atoms with Gasteiger partial charge in [0.1, 0.15) is 5.76 Å². The van der Waals surface area contributed by atoms with E-state index < -0.39 is 5.79 Å². The number of rotatable bonds is 8. The molecule has 2 aliphatic heterocycles. The van der Waals surface area contributed by atoms with Gasteiger partial charge in [0.25, 0.3) is 0 Å². The summed E-state index contributed by atoms with van der Waals surface area (Å²) in [5, 5.41) is 0.452. The molecule has 0 atom stereocenters. The number of anilines is 1. The van der Waals surface area contributed by atoms with Gasteiger partial charge in [-0.3, -0.25) is 4.79 Å². The zero-order valence-corrected chi connectivity index (χ0v) is 24.5. The van der Waals surface area contributed by atoms with Gasteiger partial charge < -0.3 is 23.7 Å². The Hall–Kier alpha value is -4.55. The van der Waals surface area contributed by atoms with Crippen molar-refractivity contribution >= 4 is 16.7 Å². The summed E-state index contributed by atoms with van der Waals surface area (Å²) in [5.74, 6) is 0.246. The molecule has 5 aromatic rings. The van der Waals surface area contributed by atoms with Crippen molar-refractivity contribution in [2.24, 2.45) is 0 Å². The van der Waals surface area contributed by atoms with Gasteiger partial charge in [-0.25, -0.2) is 0 Å². The summed E-state index contributed by atoms with van der Waals surface area (Å²) in [6.07, 6.45) is 5.15. The number of hydrogen-bond donors (Lipinski definition) is 0. The molecule has 0 amide bonds. The highest BCUT2D eigenvalue weighted by molar-refractivity contribution is 5.87. The monoisotopic (exact) mass is 572 g/mol. The van der Waals surface area contributed by atoms with Crippen molar-refractivity contribution in [3.05, 3.63) is 124 Å². The first-order valence-electron chi connectivity index (χ1n) is 15.2. The fourth-order valence-corrected chi connectivity index (χ4v) is 6.26. The number of likely N-dealkylation sites (tertiary alicyclic amines) is 1. The lowest BCUT2D eigenvalue weighted by Crippen LogP contribution is -2.36. The van der Waals surface area contributed by atoms with Gasteiger partial charge in [-0.15, -0.1) is 0 Å². The number of fused-ring (bicyclic) bond motifs is 3. The Morgan fingerprint density at radius 2 is 1.47 bits per heavy atom. The predicted octanol–water partition coefficient (Wildman–Crippen LogP) is 7.44. The van der Waals surface area contributed by atoms with Crippen molar-refractivity contribution in [3.63, 3.8) is 0 Å². The van der Waals surface area contributed by atoms with Crippen LogP contribution in [-0.4, -0.2) is 38.1 Å². The molecular formula is C37H36N2O4. The van der Waals surface area contributed by atoms with Crippen LogP contribution in [0.25, 0.3) is 22.3 Å². The van der Waals surface area contributed by atoms with Gasteiger partial charge >= 0.3 is 5.79 Å². The summed E-state index contributed by atoms with van der Waals surface area (Å²) in [6.45, 7) is 4.61. The van der Waals surface area contributed by atoms with E-state index in [4.69, 9.17) is 13.9 Å². The minimum atomic E-state index is -1.20. The molecule has 7 rings (SSSR count). The molecule has 0 radical (unpaired) electrons. The number of piperidine rings is 1. The molecule has 1 saturated heterocycles. The van der Waals surface area contributed by atoms with Crippen molar-refractivity contribution in [2.75, 3.05) is 38.1 Å². The summed E-state index contributed by atoms with van der Waals surface area (Å²) in [4.78, 5) is 18.2. The Morgan fingerprint density at radius 3 is 2.14 bits per heavy atom. The van der Waals surface area contributed by atoms with Crippen molar-refractivity contribution in [3.8, 4) is 22.8 Å².